The van der Waals surface area contributed by atoms with Crippen LogP contribution in [0.1, 0.15) is 0 Å². The van der Waals surface area contributed by atoms with Crippen LogP contribution in [0.2, 0.25) is 10.0 Å². The number of imidazole rings is 1. The molecule has 0 aliphatic carbocycles. The zero-order valence-corrected chi connectivity index (χ0v) is 14.8. The molecule has 0 atom stereocenters. The van der Waals surface area contributed by atoms with Crippen molar-refractivity contribution in [1.29, 1.82) is 0 Å². The number of ether oxygens (including phenoxy) is 1. The molecule has 5 nitrogen and oxygen atoms in total. The highest BCUT2D eigenvalue weighted by molar-refractivity contribution is 6.45. The summed E-state index contributed by atoms with van der Waals surface area (Å²) in [6.07, 6.45) is -1.44. The summed E-state index contributed by atoms with van der Waals surface area (Å²) in [6, 6.07) is 8.65. The van der Waals surface area contributed by atoms with Crippen molar-refractivity contribution in [3.8, 4) is 5.75 Å². The standard InChI is InChI=1S/C17H9Cl2F3N4O/c18-11-5-6-12-14(13(11)19)26-8-7-23-16(26)15(25-12)24-9-1-3-10(4-2-9)27-17(20,21)22/h1-8H,(H,24,25). The highest BCUT2D eigenvalue weighted by Gasteiger charge is 2.31. The first-order chi connectivity index (χ1) is 12.8. The molecule has 2 heterocycles. The van der Waals surface area contributed by atoms with E-state index >= 15 is 0 Å². The van der Waals surface area contributed by atoms with E-state index in [1.54, 1.807) is 28.9 Å². The van der Waals surface area contributed by atoms with E-state index in [2.05, 4.69) is 20.0 Å². The van der Waals surface area contributed by atoms with Gasteiger partial charge in [0.05, 0.1) is 21.1 Å². The number of halogens is 5. The van der Waals surface area contributed by atoms with Crippen LogP contribution in [0.5, 0.6) is 5.75 Å². The Hall–Kier alpha value is -2.71. The van der Waals surface area contributed by atoms with Gasteiger partial charge in [-0.3, -0.25) is 4.40 Å². The van der Waals surface area contributed by atoms with Crippen LogP contribution in [-0.4, -0.2) is 20.7 Å². The van der Waals surface area contributed by atoms with Gasteiger partial charge in [0, 0.05) is 18.1 Å². The van der Waals surface area contributed by atoms with Gasteiger partial charge in [-0.25, -0.2) is 9.97 Å². The minimum Gasteiger partial charge on any atom is -0.406 e. The number of hydrogen-bond donors (Lipinski definition) is 1. The maximum atomic E-state index is 12.3. The minimum absolute atomic E-state index is 0.313. The summed E-state index contributed by atoms with van der Waals surface area (Å²) in [4.78, 5) is 8.77. The van der Waals surface area contributed by atoms with Crippen molar-refractivity contribution in [3.63, 3.8) is 0 Å². The number of alkyl halides is 3. The van der Waals surface area contributed by atoms with Gasteiger partial charge in [-0.2, -0.15) is 0 Å². The quantitative estimate of drug-likeness (QED) is 0.459. The number of nitrogens with one attached hydrogen (secondary N) is 1. The van der Waals surface area contributed by atoms with Crippen LogP contribution < -0.4 is 10.1 Å². The van der Waals surface area contributed by atoms with Crippen molar-refractivity contribution in [2.45, 2.75) is 6.36 Å². The topological polar surface area (TPSA) is 51.5 Å². The van der Waals surface area contributed by atoms with E-state index in [4.69, 9.17) is 23.2 Å². The van der Waals surface area contributed by atoms with Gasteiger partial charge >= 0.3 is 6.36 Å². The maximum Gasteiger partial charge on any atom is 0.573 e. The van der Waals surface area contributed by atoms with Crippen LogP contribution in [0.4, 0.5) is 24.7 Å². The highest BCUT2D eigenvalue weighted by Crippen LogP contribution is 2.33. The Morgan fingerprint density at radius 3 is 2.48 bits per heavy atom. The summed E-state index contributed by atoms with van der Waals surface area (Å²) < 4.78 is 42.4. The summed E-state index contributed by atoms with van der Waals surface area (Å²) in [6.45, 7) is 0. The van der Waals surface area contributed by atoms with Gasteiger partial charge in [-0.05, 0) is 36.4 Å². The smallest absolute Gasteiger partial charge is 0.406 e. The number of hydrogen-bond acceptors (Lipinski definition) is 4. The predicted octanol–water partition coefficient (Wildman–Crippen LogP) is 5.83. The first kappa shape index (κ1) is 17.7. The van der Waals surface area contributed by atoms with E-state index in [0.29, 0.717) is 38.2 Å². The van der Waals surface area contributed by atoms with E-state index in [0.717, 1.165) is 0 Å². The van der Waals surface area contributed by atoms with Gasteiger partial charge in [0.1, 0.15) is 5.75 Å². The highest BCUT2D eigenvalue weighted by atomic mass is 35.5. The second-order valence-electron chi connectivity index (χ2n) is 5.51. The SMILES string of the molecule is FC(F)(F)Oc1ccc(Nc2nc3ccc(Cl)c(Cl)c3n3ccnc23)cc1. The molecule has 4 rings (SSSR count). The number of anilines is 2. The molecule has 0 spiro atoms. The lowest BCUT2D eigenvalue weighted by atomic mass is 10.3. The monoisotopic (exact) mass is 412 g/mol. The molecule has 0 saturated carbocycles. The molecule has 0 aliphatic heterocycles. The van der Waals surface area contributed by atoms with Gasteiger partial charge in [0.2, 0.25) is 0 Å². The molecule has 0 bridgehead atoms. The zero-order chi connectivity index (χ0) is 19.2. The summed E-state index contributed by atoms with van der Waals surface area (Å²) in [5, 5.41) is 3.78. The Balaban J connectivity index is 1.74. The molecule has 1 N–H and O–H groups in total. The Kier molecular flexibility index (Phi) is 4.24. The van der Waals surface area contributed by atoms with E-state index in [9.17, 15) is 13.2 Å². The summed E-state index contributed by atoms with van der Waals surface area (Å²) in [7, 11) is 0. The van der Waals surface area contributed by atoms with Crippen LogP contribution in [-0.2, 0) is 0 Å². The maximum absolute atomic E-state index is 12.3. The largest absolute Gasteiger partial charge is 0.573 e. The van der Waals surface area contributed by atoms with E-state index < -0.39 is 6.36 Å². The lowest BCUT2D eigenvalue weighted by molar-refractivity contribution is -0.274. The van der Waals surface area contributed by atoms with Crippen LogP contribution in [0, 0.1) is 0 Å². The van der Waals surface area contributed by atoms with Crippen molar-refractivity contribution in [3.05, 3.63) is 58.8 Å². The molecular formula is C17H9Cl2F3N4O. The Morgan fingerprint density at radius 2 is 1.78 bits per heavy atom. The second-order valence-corrected chi connectivity index (χ2v) is 6.29. The van der Waals surface area contributed by atoms with Crippen LogP contribution in [0.25, 0.3) is 16.7 Å². The number of rotatable bonds is 3. The molecule has 0 unspecified atom stereocenters. The normalized spacial score (nSPS) is 11.9. The van der Waals surface area contributed by atoms with Gasteiger partial charge in [-0.1, -0.05) is 23.2 Å². The number of fused-ring (bicyclic) bond motifs is 3. The lowest BCUT2D eigenvalue weighted by Crippen LogP contribution is -2.17. The average Bonchev–Trinajstić information content (AvgIpc) is 3.08. The minimum atomic E-state index is -4.74. The van der Waals surface area contributed by atoms with Crippen LogP contribution in [0.3, 0.4) is 0 Å². The number of aromatic nitrogens is 3. The van der Waals surface area contributed by atoms with Crippen molar-refractivity contribution in [1.82, 2.24) is 14.4 Å². The van der Waals surface area contributed by atoms with Gasteiger partial charge < -0.3 is 10.1 Å². The molecule has 0 saturated heterocycles. The van der Waals surface area contributed by atoms with Crippen molar-refractivity contribution in [2.24, 2.45) is 0 Å². The van der Waals surface area contributed by atoms with Crippen LogP contribution in [0.15, 0.2) is 48.8 Å². The fourth-order valence-electron chi connectivity index (χ4n) is 2.64. The molecule has 0 fully saturated rings. The van der Waals surface area contributed by atoms with E-state index in [1.165, 1.54) is 24.3 Å². The number of nitrogens with zero attached hydrogens (tertiary/aromatic N) is 3. The zero-order valence-electron chi connectivity index (χ0n) is 13.3. The molecule has 0 aliphatic rings. The fourth-order valence-corrected chi connectivity index (χ4v) is 3.04. The van der Waals surface area contributed by atoms with Crippen LogP contribution >= 0.6 is 23.2 Å². The van der Waals surface area contributed by atoms with Crippen molar-refractivity contribution in [2.75, 3.05) is 5.32 Å². The Bertz CT molecular complexity index is 1140. The third-order valence-corrected chi connectivity index (χ3v) is 4.52. The first-order valence-corrected chi connectivity index (χ1v) is 8.31. The molecule has 0 radical (unpaired) electrons. The molecule has 4 aromatic rings. The predicted molar refractivity (Wildman–Crippen MR) is 96.9 cm³/mol. The Morgan fingerprint density at radius 1 is 1.04 bits per heavy atom. The molecule has 138 valence electrons. The van der Waals surface area contributed by atoms with Crippen molar-refractivity contribution >= 4 is 51.4 Å². The molecule has 10 heteroatoms. The molecule has 0 amide bonds. The fraction of sp³-hybridized carbons (Fsp3) is 0.0588. The molecular weight excluding hydrogens is 404 g/mol. The third-order valence-electron chi connectivity index (χ3n) is 3.72. The summed E-state index contributed by atoms with van der Waals surface area (Å²) >= 11 is 12.4. The van der Waals surface area contributed by atoms with Gasteiger partial charge in [-0.15, -0.1) is 13.2 Å². The van der Waals surface area contributed by atoms with Gasteiger partial charge in [0.25, 0.3) is 0 Å². The second kappa shape index (κ2) is 6.47. The van der Waals surface area contributed by atoms with E-state index in [-0.39, 0.29) is 5.75 Å². The average molecular weight is 413 g/mol. The third kappa shape index (κ3) is 3.45. The first-order valence-electron chi connectivity index (χ1n) is 7.55. The molecule has 27 heavy (non-hydrogen) atoms. The molecule has 2 aromatic heterocycles. The van der Waals surface area contributed by atoms with Gasteiger partial charge in [0.15, 0.2) is 11.5 Å². The van der Waals surface area contributed by atoms with Crippen molar-refractivity contribution < 1.29 is 17.9 Å². The summed E-state index contributed by atoms with van der Waals surface area (Å²) in [5.74, 6) is 0.0993. The summed E-state index contributed by atoms with van der Waals surface area (Å²) in [5.41, 5.74) is 2.19. The Labute approximate surface area is 160 Å². The lowest BCUT2D eigenvalue weighted by Gasteiger charge is -2.12. The number of benzene rings is 2. The molecule has 2 aromatic carbocycles. The van der Waals surface area contributed by atoms with E-state index in [1.807, 2.05) is 0 Å².